The number of nitrogens with zero attached hydrogens (tertiary/aromatic N) is 2. The Kier molecular flexibility index (Phi) is 7.52. The van der Waals surface area contributed by atoms with Crippen LogP contribution in [0.4, 0.5) is 5.82 Å². The Morgan fingerprint density at radius 3 is 2.75 bits per heavy atom. The maximum atomic E-state index is 12.4. The van der Waals surface area contributed by atoms with E-state index >= 15 is 0 Å². The monoisotopic (exact) mass is 398 g/mol. The molecule has 28 heavy (non-hydrogen) atoms. The van der Waals surface area contributed by atoms with Crippen molar-refractivity contribution in [2.75, 3.05) is 25.5 Å². The second-order valence-electron chi connectivity index (χ2n) is 6.21. The fraction of sp³-hybridized carbons (Fsp3) is 0.588. The van der Waals surface area contributed by atoms with Crippen molar-refractivity contribution in [1.82, 2.24) is 14.9 Å². The molecule has 4 atom stereocenters. The van der Waals surface area contributed by atoms with Gasteiger partial charge in [-0.05, 0) is 6.42 Å². The fourth-order valence-electron chi connectivity index (χ4n) is 2.79. The molecule has 0 radical (unpaired) electrons. The zero-order valence-corrected chi connectivity index (χ0v) is 15.6. The number of hydrogen-bond acceptors (Lipinski definition) is 9. The predicted molar refractivity (Wildman–Crippen MR) is 99.4 cm³/mol. The largest absolute Gasteiger partial charge is 0.478 e. The lowest BCUT2D eigenvalue weighted by atomic mass is 10.1. The first-order valence-electron chi connectivity index (χ1n) is 8.92. The normalized spacial score (nSPS) is 24.1. The Balaban J connectivity index is 2.29. The van der Waals surface area contributed by atoms with Crippen LogP contribution in [-0.2, 0) is 9.53 Å². The Bertz CT molecular complexity index is 767. The number of carbonyl (C=O) groups excluding carboxylic acids is 1. The van der Waals surface area contributed by atoms with Gasteiger partial charge in [-0.15, -0.1) is 0 Å². The molecule has 11 nitrogen and oxygen atoms in total. The van der Waals surface area contributed by atoms with Crippen molar-refractivity contribution in [1.29, 1.82) is 0 Å². The molecule has 1 amide bonds. The van der Waals surface area contributed by atoms with E-state index in [9.17, 15) is 24.9 Å². The van der Waals surface area contributed by atoms with Crippen LogP contribution in [0.2, 0.25) is 0 Å². The summed E-state index contributed by atoms with van der Waals surface area (Å²) in [6.45, 7) is 5.30. The number of nitrogens with one attached hydrogen (secondary N) is 1. The molecule has 1 fully saturated rings. The minimum atomic E-state index is -1.50. The summed E-state index contributed by atoms with van der Waals surface area (Å²) in [4.78, 5) is 27.4. The molecule has 0 aromatic carbocycles. The molecule has 2 heterocycles. The summed E-state index contributed by atoms with van der Waals surface area (Å²) in [7, 11) is 0. The third kappa shape index (κ3) is 4.50. The van der Waals surface area contributed by atoms with Crippen LogP contribution in [-0.4, -0.2) is 68.8 Å². The van der Waals surface area contributed by atoms with Crippen LogP contribution in [0.1, 0.15) is 31.6 Å². The van der Waals surface area contributed by atoms with Gasteiger partial charge < -0.3 is 35.8 Å². The highest BCUT2D eigenvalue weighted by Crippen LogP contribution is 2.33. The molecule has 0 spiro atoms. The summed E-state index contributed by atoms with van der Waals surface area (Å²) in [5.41, 5.74) is 5.14. The number of anilines is 1. The maximum absolute atomic E-state index is 12.4. The number of rotatable bonds is 9. The van der Waals surface area contributed by atoms with Gasteiger partial charge in [0, 0.05) is 13.0 Å². The van der Waals surface area contributed by atoms with Crippen LogP contribution in [0.3, 0.4) is 0 Å². The van der Waals surface area contributed by atoms with Crippen molar-refractivity contribution in [3.8, 4) is 5.88 Å². The molecule has 1 aromatic heterocycles. The van der Waals surface area contributed by atoms with Gasteiger partial charge in [0.1, 0.15) is 24.1 Å². The van der Waals surface area contributed by atoms with Crippen LogP contribution in [0.15, 0.2) is 11.4 Å². The van der Waals surface area contributed by atoms with E-state index < -0.39 is 36.8 Å². The Morgan fingerprint density at radius 2 is 2.18 bits per heavy atom. The first-order chi connectivity index (χ1) is 13.3. The average molecular weight is 398 g/mol. The maximum Gasteiger partial charge on any atom is 0.354 e. The smallest absolute Gasteiger partial charge is 0.354 e. The Hall–Kier alpha value is -2.47. The van der Waals surface area contributed by atoms with Gasteiger partial charge in [0.05, 0.1) is 18.8 Å². The van der Waals surface area contributed by atoms with Crippen molar-refractivity contribution in [3.05, 3.63) is 22.6 Å². The number of carbonyl (C=O) groups is 1. The van der Waals surface area contributed by atoms with Crippen molar-refractivity contribution in [3.63, 3.8) is 0 Å². The first-order valence-corrected chi connectivity index (χ1v) is 8.92. The number of ether oxygens (including phenoxy) is 2. The van der Waals surface area contributed by atoms with E-state index in [0.29, 0.717) is 19.4 Å². The second kappa shape index (κ2) is 9.64. The molecule has 1 aliphatic heterocycles. The lowest BCUT2D eigenvalue weighted by molar-refractivity contribution is -0.120. The molecule has 1 unspecified atom stereocenters. The van der Waals surface area contributed by atoms with Crippen LogP contribution >= 0.6 is 0 Å². The average Bonchev–Trinajstić information content (AvgIpc) is 2.95. The Morgan fingerprint density at radius 1 is 1.46 bits per heavy atom. The summed E-state index contributed by atoms with van der Waals surface area (Å²) < 4.78 is 12.0. The van der Waals surface area contributed by atoms with Crippen LogP contribution in [0, 0.1) is 0 Å². The number of amides is 1. The first kappa shape index (κ1) is 21.8. The molecule has 2 rings (SSSR count). The zero-order chi connectivity index (χ0) is 20.8. The molecule has 1 aliphatic rings. The van der Waals surface area contributed by atoms with E-state index in [1.807, 2.05) is 0 Å². The van der Waals surface area contributed by atoms with Gasteiger partial charge >= 0.3 is 5.69 Å². The molecule has 0 saturated carbocycles. The Labute approximate surface area is 161 Å². The lowest BCUT2D eigenvalue weighted by Gasteiger charge is -2.23. The summed E-state index contributed by atoms with van der Waals surface area (Å²) in [5.74, 6) is -0.246. The number of nitrogen functional groups attached to an aromatic ring is 1. The van der Waals surface area contributed by atoms with Gasteiger partial charge in [-0.2, -0.15) is 4.98 Å². The van der Waals surface area contributed by atoms with Crippen molar-refractivity contribution in [2.45, 2.75) is 44.3 Å². The molecule has 156 valence electrons. The molecule has 1 saturated heterocycles. The molecule has 11 heteroatoms. The molecule has 6 N–H and O–H groups in total. The van der Waals surface area contributed by atoms with E-state index in [1.54, 1.807) is 6.92 Å². The van der Waals surface area contributed by atoms with Crippen molar-refractivity contribution < 1.29 is 29.6 Å². The van der Waals surface area contributed by atoms with Crippen LogP contribution < -0.4 is 21.5 Å². The van der Waals surface area contributed by atoms with Crippen molar-refractivity contribution in [2.24, 2.45) is 0 Å². The van der Waals surface area contributed by atoms with Gasteiger partial charge in [-0.25, -0.2) is 9.36 Å². The van der Waals surface area contributed by atoms with Crippen LogP contribution in [0.5, 0.6) is 5.88 Å². The van der Waals surface area contributed by atoms with Gasteiger partial charge in [-0.3, -0.25) is 4.79 Å². The van der Waals surface area contributed by atoms with E-state index in [0.717, 1.165) is 4.57 Å². The van der Waals surface area contributed by atoms with E-state index in [2.05, 4.69) is 16.9 Å². The highest BCUT2D eigenvalue weighted by atomic mass is 16.6. The lowest BCUT2D eigenvalue weighted by Crippen LogP contribution is -2.37. The molecular formula is C17H26N4O7. The van der Waals surface area contributed by atoms with Crippen LogP contribution in [0.25, 0.3) is 6.08 Å². The van der Waals surface area contributed by atoms with E-state index in [-0.39, 0.29) is 29.8 Å². The summed E-state index contributed by atoms with van der Waals surface area (Å²) in [6.07, 6.45) is -3.15. The number of hydrogen-bond donors (Lipinski definition) is 5. The van der Waals surface area contributed by atoms with E-state index in [1.165, 1.54) is 6.08 Å². The van der Waals surface area contributed by atoms with Gasteiger partial charge in [0.15, 0.2) is 6.23 Å². The quantitative estimate of drug-likeness (QED) is 0.307. The topological polar surface area (TPSA) is 169 Å². The molecule has 0 bridgehead atoms. The molecular weight excluding hydrogens is 372 g/mol. The SMILES string of the molecule is C=Cc1c(N)nc(=O)n(C2O[C@H](CO)[C@@H](O)[C@H]2O)c1OCCCNC(=O)CC. The fourth-order valence-corrected chi connectivity index (χ4v) is 2.79. The highest BCUT2D eigenvalue weighted by Gasteiger charge is 2.45. The van der Waals surface area contributed by atoms with Gasteiger partial charge in [-0.1, -0.05) is 19.6 Å². The zero-order valence-electron chi connectivity index (χ0n) is 15.6. The third-order valence-corrected chi connectivity index (χ3v) is 4.33. The standard InChI is InChI=1S/C17H26N4O7/c1-3-9-14(18)20-17(26)21(16-13(25)12(24)10(8-22)28-16)15(9)27-7-5-6-19-11(23)4-2/h3,10,12-13,16,22,24-25H,1,4-8H2,2H3,(H,19,23)(H2,18,20,26)/t10-,12-,13-,16?/m1/s1. The number of aromatic nitrogens is 2. The highest BCUT2D eigenvalue weighted by molar-refractivity contribution is 5.75. The summed E-state index contributed by atoms with van der Waals surface area (Å²) in [5, 5.41) is 32.2. The summed E-state index contributed by atoms with van der Waals surface area (Å²) in [6, 6.07) is 0. The van der Waals surface area contributed by atoms with E-state index in [4.69, 9.17) is 15.2 Å². The van der Waals surface area contributed by atoms with Gasteiger partial charge in [0.25, 0.3) is 0 Å². The minimum absolute atomic E-state index is 0.0378. The predicted octanol–water partition coefficient (Wildman–Crippen LogP) is -1.62. The minimum Gasteiger partial charge on any atom is -0.478 e. The third-order valence-electron chi connectivity index (χ3n) is 4.33. The number of nitrogens with two attached hydrogens (primary N) is 1. The second-order valence-corrected chi connectivity index (χ2v) is 6.21. The van der Waals surface area contributed by atoms with Gasteiger partial charge in [0.2, 0.25) is 11.8 Å². The molecule has 1 aromatic rings. The van der Waals surface area contributed by atoms with Crippen molar-refractivity contribution >= 4 is 17.8 Å². The molecule has 0 aliphatic carbocycles. The summed E-state index contributed by atoms with van der Waals surface area (Å²) >= 11 is 0. The number of aliphatic hydroxyl groups is 3. The number of aliphatic hydroxyl groups excluding tert-OH is 3.